The van der Waals surface area contributed by atoms with E-state index in [2.05, 4.69) is 82.8 Å². The molecule has 1 aliphatic rings. The predicted molar refractivity (Wildman–Crippen MR) is 132 cm³/mol. The first kappa shape index (κ1) is 23.0. The minimum absolute atomic E-state index is 0. The number of aliphatic imine (C=N–C) groups is 1. The second-order valence-corrected chi connectivity index (χ2v) is 8.08. The van der Waals surface area contributed by atoms with Crippen molar-refractivity contribution < 1.29 is 0 Å². The molecule has 0 aliphatic carbocycles. The van der Waals surface area contributed by atoms with E-state index in [9.17, 15) is 0 Å². The quantitative estimate of drug-likeness (QED) is 0.363. The molecule has 0 atom stereocenters. The molecule has 0 unspecified atom stereocenters. The van der Waals surface area contributed by atoms with E-state index >= 15 is 0 Å². The van der Waals surface area contributed by atoms with E-state index in [-0.39, 0.29) is 24.0 Å². The lowest BCUT2D eigenvalue weighted by atomic mass is 10.1. The Morgan fingerprint density at radius 2 is 1.86 bits per heavy atom. The fourth-order valence-electron chi connectivity index (χ4n) is 3.37. The summed E-state index contributed by atoms with van der Waals surface area (Å²) in [5.74, 6) is 1.03. The first-order valence-electron chi connectivity index (χ1n) is 9.70. The fraction of sp³-hybridized carbons (Fsp3) is 0.476. The van der Waals surface area contributed by atoms with Gasteiger partial charge in [0, 0.05) is 39.3 Å². The van der Waals surface area contributed by atoms with E-state index < -0.39 is 0 Å². The minimum atomic E-state index is 0. The molecule has 154 valence electrons. The Hall–Kier alpha value is -1.32. The van der Waals surface area contributed by atoms with Crippen LogP contribution in [0.15, 0.2) is 46.8 Å². The Morgan fingerprint density at radius 3 is 2.50 bits per heavy atom. The van der Waals surface area contributed by atoms with Crippen LogP contribution in [0.5, 0.6) is 0 Å². The Balaban J connectivity index is 0.00000280. The highest BCUT2D eigenvalue weighted by molar-refractivity contribution is 14.0. The second-order valence-electron chi connectivity index (χ2n) is 7.15. The Labute approximate surface area is 190 Å². The maximum absolute atomic E-state index is 4.92. The molecule has 0 bridgehead atoms. The Morgan fingerprint density at radius 1 is 1.11 bits per heavy atom. The molecular weight excluding hydrogens is 481 g/mol. The van der Waals surface area contributed by atoms with E-state index in [0.717, 1.165) is 51.8 Å². The smallest absolute Gasteiger partial charge is 0.194 e. The standard InChI is InChI=1S/C21H31N5S.HI/c1-4-22-21(23-16-18-7-5-8-19(15-18)17-24(2)3)26-12-10-25(11-13-26)20-9-6-14-27-20;/h5-9,14-15H,4,10-13,16-17H2,1-3H3,(H,22,23);1H. The lowest BCUT2D eigenvalue weighted by Gasteiger charge is -2.37. The number of nitrogens with one attached hydrogen (secondary N) is 1. The molecule has 2 heterocycles. The first-order valence-corrected chi connectivity index (χ1v) is 10.6. The van der Waals surface area contributed by atoms with Crippen LogP contribution in [0.1, 0.15) is 18.1 Å². The summed E-state index contributed by atoms with van der Waals surface area (Å²) in [5.41, 5.74) is 2.60. The molecule has 28 heavy (non-hydrogen) atoms. The minimum Gasteiger partial charge on any atom is -0.360 e. The van der Waals surface area contributed by atoms with E-state index in [1.807, 2.05) is 11.3 Å². The second kappa shape index (κ2) is 11.6. The van der Waals surface area contributed by atoms with Crippen molar-refractivity contribution in [1.82, 2.24) is 15.1 Å². The van der Waals surface area contributed by atoms with Gasteiger partial charge in [0.1, 0.15) is 0 Å². The summed E-state index contributed by atoms with van der Waals surface area (Å²) in [5, 5.41) is 6.99. The molecule has 1 saturated heterocycles. The zero-order chi connectivity index (χ0) is 19.1. The number of benzene rings is 1. The van der Waals surface area contributed by atoms with Gasteiger partial charge < -0.3 is 20.0 Å². The lowest BCUT2D eigenvalue weighted by Crippen LogP contribution is -2.52. The fourth-order valence-corrected chi connectivity index (χ4v) is 4.16. The van der Waals surface area contributed by atoms with Crippen molar-refractivity contribution in [1.29, 1.82) is 0 Å². The molecule has 7 heteroatoms. The zero-order valence-corrected chi connectivity index (χ0v) is 20.2. The number of thiophene rings is 1. The number of guanidine groups is 1. The van der Waals surface area contributed by atoms with Crippen LogP contribution < -0.4 is 10.2 Å². The largest absolute Gasteiger partial charge is 0.360 e. The number of halogens is 1. The van der Waals surface area contributed by atoms with Crippen molar-refractivity contribution in [3.8, 4) is 0 Å². The molecule has 1 fully saturated rings. The van der Waals surface area contributed by atoms with Gasteiger partial charge in [-0.1, -0.05) is 24.3 Å². The summed E-state index contributed by atoms with van der Waals surface area (Å²) in [4.78, 5) is 12.0. The van der Waals surface area contributed by atoms with Gasteiger partial charge in [-0.2, -0.15) is 0 Å². The third-order valence-electron chi connectivity index (χ3n) is 4.63. The van der Waals surface area contributed by atoms with Gasteiger partial charge in [0.05, 0.1) is 11.5 Å². The van der Waals surface area contributed by atoms with Crippen LogP contribution in [-0.2, 0) is 13.1 Å². The molecule has 0 saturated carbocycles. The number of rotatable bonds is 6. The van der Waals surface area contributed by atoms with Crippen molar-refractivity contribution in [2.45, 2.75) is 20.0 Å². The molecule has 2 aromatic rings. The van der Waals surface area contributed by atoms with Crippen molar-refractivity contribution in [2.75, 3.05) is 51.7 Å². The molecule has 0 spiro atoms. The average molecular weight is 513 g/mol. The van der Waals surface area contributed by atoms with E-state index in [1.165, 1.54) is 16.1 Å². The number of piperazine rings is 1. The van der Waals surface area contributed by atoms with Gasteiger partial charge >= 0.3 is 0 Å². The van der Waals surface area contributed by atoms with Gasteiger partial charge in [0.25, 0.3) is 0 Å². The number of anilines is 1. The number of nitrogens with zero attached hydrogens (tertiary/aromatic N) is 4. The topological polar surface area (TPSA) is 34.1 Å². The summed E-state index contributed by atoms with van der Waals surface area (Å²) in [6.45, 7) is 8.80. The summed E-state index contributed by atoms with van der Waals surface area (Å²) in [7, 11) is 4.20. The van der Waals surface area contributed by atoms with Crippen molar-refractivity contribution in [3.63, 3.8) is 0 Å². The Kier molecular flexibility index (Phi) is 9.53. The van der Waals surface area contributed by atoms with Gasteiger partial charge in [-0.3, -0.25) is 0 Å². The number of hydrogen-bond acceptors (Lipinski definition) is 4. The molecule has 0 radical (unpaired) electrons. The summed E-state index contributed by atoms with van der Waals surface area (Å²) < 4.78 is 0. The number of hydrogen-bond donors (Lipinski definition) is 1. The molecule has 1 N–H and O–H groups in total. The van der Waals surface area contributed by atoms with Crippen molar-refractivity contribution >= 4 is 46.3 Å². The molecule has 1 aromatic heterocycles. The van der Waals surface area contributed by atoms with Crippen LogP contribution in [0, 0.1) is 0 Å². The normalized spacial score (nSPS) is 14.9. The highest BCUT2D eigenvalue weighted by Gasteiger charge is 2.20. The van der Waals surface area contributed by atoms with E-state index in [1.54, 1.807) is 0 Å². The predicted octanol–water partition coefficient (Wildman–Crippen LogP) is 3.72. The average Bonchev–Trinajstić information content (AvgIpc) is 3.20. The molecular formula is C21H32IN5S. The van der Waals surface area contributed by atoms with Crippen LogP contribution >= 0.6 is 35.3 Å². The van der Waals surface area contributed by atoms with Gasteiger partial charge in [0.2, 0.25) is 0 Å². The maximum Gasteiger partial charge on any atom is 0.194 e. The first-order chi connectivity index (χ1) is 13.2. The monoisotopic (exact) mass is 513 g/mol. The highest BCUT2D eigenvalue weighted by Crippen LogP contribution is 2.22. The summed E-state index contributed by atoms with van der Waals surface area (Å²) >= 11 is 1.82. The van der Waals surface area contributed by atoms with Crippen LogP contribution in [-0.4, -0.2) is 62.6 Å². The summed E-state index contributed by atoms with van der Waals surface area (Å²) in [6, 6.07) is 13.1. The van der Waals surface area contributed by atoms with Crippen LogP contribution in [0.4, 0.5) is 5.00 Å². The third-order valence-corrected chi connectivity index (χ3v) is 5.56. The van der Waals surface area contributed by atoms with E-state index in [4.69, 9.17) is 4.99 Å². The van der Waals surface area contributed by atoms with E-state index in [0.29, 0.717) is 0 Å². The van der Waals surface area contributed by atoms with Crippen molar-refractivity contribution in [2.24, 2.45) is 4.99 Å². The van der Waals surface area contributed by atoms with Crippen molar-refractivity contribution in [3.05, 3.63) is 52.9 Å². The van der Waals surface area contributed by atoms with Gasteiger partial charge in [0.15, 0.2) is 5.96 Å². The van der Waals surface area contributed by atoms with Crippen LogP contribution in [0.3, 0.4) is 0 Å². The summed E-state index contributed by atoms with van der Waals surface area (Å²) in [6.07, 6.45) is 0. The molecule has 1 aromatic carbocycles. The SMILES string of the molecule is CCNC(=NCc1cccc(CN(C)C)c1)N1CCN(c2cccs2)CC1.I. The van der Waals surface area contributed by atoms with Gasteiger partial charge in [-0.05, 0) is 49.7 Å². The zero-order valence-electron chi connectivity index (χ0n) is 17.1. The van der Waals surface area contributed by atoms with Gasteiger partial charge in [-0.25, -0.2) is 4.99 Å². The molecule has 1 aliphatic heterocycles. The maximum atomic E-state index is 4.92. The van der Waals surface area contributed by atoms with Crippen LogP contribution in [0.25, 0.3) is 0 Å². The lowest BCUT2D eigenvalue weighted by molar-refractivity contribution is 0.373. The van der Waals surface area contributed by atoms with Gasteiger partial charge in [-0.15, -0.1) is 35.3 Å². The molecule has 5 nitrogen and oxygen atoms in total. The Bertz CT molecular complexity index is 724. The molecule has 3 rings (SSSR count). The molecule has 0 amide bonds. The third kappa shape index (κ3) is 6.63. The highest BCUT2D eigenvalue weighted by atomic mass is 127. The van der Waals surface area contributed by atoms with Crippen LogP contribution in [0.2, 0.25) is 0 Å².